The molecule has 0 aliphatic carbocycles. The van der Waals surface area contributed by atoms with Crippen molar-refractivity contribution in [3.8, 4) is 0 Å². The monoisotopic (exact) mass is 230 g/mol. The van der Waals surface area contributed by atoms with Crippen molar-refractivity contribution in [3.05, 3.63) is 12.2 Å². The molecule has 0 saturated carbocycles. The second kappa shape index (κ2) is 6.66. The van der Waals surface area contributed by atoms with Gasteiger partial charge < -0.3 is 14.6 Å². The summed E-state index contributed by atoms with van der Waals surface area (Å²) < 4.78 is 10.0. The predicted molar refractivity (Wildman–Crippen MR) is 61.8 cm³/mol. The standard InChI is InChI=1S/C12H22O4/c1-6-12(4,5)11(14)16-8-7-15-10(13)9(2)3/h10,13H,2,6-8H2,1,3-5H3. The lowest BCUT2D eigenvalue weighted by molar-refractivity contribution is -0.158. The largest absolute Gasteiger partial charge is 0.463 e. The fourth-order valence-electron chi connectivity index (χ4n) is 0.776. The molecule has 0 heterocycles. The first-order valence-corrected chi connectivity index (χ1v) is 5.43. The Kier molecular flexibility index (Phi) is 6.29. The minimum absolute atomic E-state index is 0.145. The Balaban J connectivity index is 3.76. The summed E-state index contributed by atoms with van der Waals surface area (Å²) in [7, 11) is 0. The van der Waals surface area contributed by atoms with E-state index >= 15 is 0 Å². The minimum Gasteiger partial charge on any atom is -0.463 e. The molecule has 0 aromatic rings. The van der Waals surface area contributed by atoms with E-state index < -0.39 is 11.7 Å². The number of hydrogen-bond donors (Lipinski definition) is 1. The number of carbonyl (C=O) groups excluding carboxylic acids is 1. The Morgan fingerprint density at radius 2 is 2.00 bits per heavy atom. The maximum absolute atomic E-state index is 11.5. The molecule has 0 saturated heterocycles. The predicted octanol–water partition coefficient (Wildman–Crippen LogP) is 1.88. The zero-order valence-corrected chi connectivity index (χ0v) is 10.6. The van der Waals surface area contributed by atoms with Gasteiger partial charge in [0.1, 0.15) is 6.61 Å². The number of aliphatic hydroxyl groups excluding tert-OH is 1. The van der Waals surface area contributed by atoms with Gasteiger partial charge in [-0.05, 0) is 32.8 Å². The molecule has 1 unspecified atom stereocenters. The lowest BCUT2D eigenvalue weighted by Gasteiger charge is -2.20. The van der Waals surface area contributed by atoms with E-state index in [0.717, 1.165) is 6.42 Å². The van der Waals surface area contributed by atoms with Gasteiger partial charge in [0, 0.05) is 0 Å². The summed E-state index contributed by atoms with van der Waals surface area (Å²) in [6, 6.07) is 0. The molecule has 94 valence electrons. The van der Waals surface area contributed by atoms with Gasteiger partial charge in [-0.2, -0.15) is 0 Å². The zero-order valence-electron chi connectivity index (χ0n) is 10.6. The topological polar surface area (TPSA) is 55.8 Å². The molecule has 4 nitrogen and oxygen atoms in total. The molecule has 1 atom stereocenters. The van der Waals surface area contributed by atoms with E-state index in [4.69, 9.17) is 9.47 Å². The molecule has 0 amide bonds. The highest BCUT2D eigenvalue weighted by Crippen LogP contribution is 2.21. The van der Waals surface area contributed by atoms with Crippen LogP contribution in [-0.4, -0.2) is 30.6 Å². The van der Waals surface area contributed by atoms with Gasteiger partial charge in [-0.3, -0.25) is 4.79 Å². The van der Waals surface area contributed by atoms with Crippen molar-refractivity contribution in [1.82, 2.24) is 0 Å². The van der Waals surface area contributed by atoms with Crippen LogP contribution in [0.25, 0.3) is 0 Å². The van der Waals surface area contributed by atoms with Crippen LogP contribution in [0.2, 0.25) is 0 Å². The summed E-state index contributed by atoms with van der Waals surface area (Å²) in [6.07, 6.45) is -0.265. The van der Waals surface area contributed by atoms with Crippen LogP contribution in [0.4, 0.5) is 0 Å². The van der Waals surface area contributed by atoms with Gasteiger partial charge in [-0.25, -0.2) is 0 Å². The maximum Gasteiger partial charge on any atom is 0.311 e. The van der Waals surface area contributed by atoms with Gasteiger partial charge in [-0.15, -0.1) is 0 Å². The lowest BCUT2D eigenvalue weighted by Crippen LogP contribution is -2.27. The SMILES string of the molecule is C=C(C)C(O)OCCOC(=O)C(C)(C)CC. The summed E-state index contributed by atoms with van der Waals surface area (Å²) in [5, 5.41) is 9.24. The van der Waals surface area contributed by atoms with E-state index in [1.54, 1.807) is 6.92 Å². The van der Waals surface area contributed by atoms with Gasteiger partial charge in [0.25, 0.3) is 0 Å². The summed E-state index contributed by atoms with van der Waals surface area (Å²) in [6.45, 7) is 11.1. The first kappa shape index (κ1) is 15.1. The Bertz CT molecular complexity index is 245. The Morgan fingerprint density at radius 3 is 2.44 bits per heavy atom. The zero-order chi connectivity index (χ0) is 12.8. The molecule has 0 rings (SSSR count). The number of hydrogen-bond acceptors (Lipinski definition) is 4. The molecule has 0 spiro atoms. The number of ether oxygens (including phenoxy) is 2. The fourth-order valence-corrected chi connectivity index (χ4v) is 0.776. The van der Waals surface area contributed by atoms with Gasteiger partial charge in [0.15, 0.2) is 6.29 Å². The van der Waals surface area contributed by atoms with Crippen LogP contribution >= 0.6 is 0 Å². The van der Waals surface area contributed by atoms with Gasteiger partial charge in [0.2, 0.25) is 0 Å². The van der Waals surface area contributed by atoms with E-state index in [1.807, 2.05) is 20.8 Å². The molecule has 0 aromatic heterocycles. The van der Waals surface area contributed by atoms with Crippen molar-refractivity contribution >= 4 is 5.97 Å². The van der Waals surface area contributed by atoms with Crippen LogP contribution in [-0.2, 0) is 14.3 Å². The number of carbonyl (C=O) groups is 1. The van der Waals surface area contributed by atoms with Crippen molar-refractivity contribution in [3.63, 3.8) is 0 Å². The average Bonchev–Trinajstić information content (AvgIpc) is 2.23. The summed E-state index contributed by atoms with van der Waals surface area (Å²) >= 11 is 0. The van der Waals surface area contributed by atoms with E-state index in [-0.39, 0.29) is 19.2 Å². The van der Waals surface area contributed by atoms with Gasteiger partial charge in [0.05, 0.1) is 12.0 Å². The average molecular weight is 230 g/mol. The molecule has 1 N–H and O–H groups in total. The number of aliphatic hydroxyl groups is 1. The molecule has 16 heavy (non-hydrogen) atoms. The van der Waals surface area contributed by atoms with Crippen LogP contribution < -0.4 is 0 Å². The molecular formula is C12H22O4. The molecule has 4 heteroatoms. The van der Waals surface area contributed by atoms with Crippen LogP contribution in [0.5, 0.6) is 0 Å². The first-order valence-electron chi connectivity index (χ1n) is 5.43. The third-order valence-corrected chi connectivity index (χ3v) is 2.45. The van der Waals surface area contributed by atoms with Crippen molar-refractivity contribution in [2.24, 2.45) is 5.41 Å². The van der Waals surface area contributed by atoms with Gasteiger partial charge in [-0.1, -0.05) is 13.5 Å². The second-order valence-corrected chi connectivity index (χ2v) is 4.44. The van der Waals surface area contributed by atoms with Crippen LogP contribution in [0, 0.1) is 5.41 Å². The first-order chi connectivity index (χ1) is 7.31. The smallest absolute Gasteiger partial charge is 0.311 e. The highest BCUT2D eigenvalue weighted by Gasteiger charge is 2.26. The van der Waals surface area contributed by atoms with Crippen LogP contribution in [0.3, 0.4) is 0 Å². The highest BCUT2D eigenvalue weighted by atomic mass is 16.6. The molecule has 0 aliphatic rings. The van der Waals surface area contributed by atoms with Crippen LogP contribution in [0.1, 0.15) is 34.1 Å². The maximum atomic E-state index is 11.5. The van der Waals surface area contributed by atoms with Crippen molar-refractivity contribution in [1.29, 1.82) is 0 Å². The van der Waals surface area contributed by atoms with E-state index in [2.05, 4.69) is 6.58 Å². The van der Waals surface area contributed by atoms with Crippen LogP contribution in [0.15, 0.2) is 12.2 Å². The fraction of sp³-hybridized carbons (Fsp3) is 0.750. The van der Waals surface area contributed by atoms with Gasteiger partial charge >= 0.3 is 5.97 Å². The molecule has 0 bridgehead atoms. The third kappa shape index (κ3) is 5.28. The highest BCUT2D eigenvalue weighted by molar-refractivity contribution is 5.75. The summed E-state index contributed by atoms with van der Waals surface area (Å²) in [5.41, 5.74) is 0.0627. The normalized spacial score (nSPS) is 13.3. The number of esters is 1. The quantitative estimate of drug-likeness (QED) is 0.314. The third-order valence-electron chi connectivity index (χ3n) is 2.45. The van der Waals surface area contributed by atoms with Crippen molar-refractivity contribution in [2.75, 3.05) is 13.2 Å². The molecule has 0 aliphatic heterocycles. The van der Waals surface area contributed by atoms with E-state index in [0.29, 0.717) is 5.57 Å². The molecule has 0 radical (unpaired) electrons. The van der Waals surface area contributed by atoms with E-state index in [1.165, 1.54) is 0 Å². The Labute approximate surface area is 97.2 Å². The Hall–Kier alpha value is -0.870. The second-order valence-electron chi connectivity index (χ2n) is 4.44. The summed E-state index contributed by atoms with van der Waals surface area (Å²) in [4.78, 5) is 11.5. The molecule has 0 aromatic carbocycles. The Morgan fingerprint density at radius 1 is 1.44 bits per heavy atom. The van der Waals surface area contributed by atoms with Crippen molar-refractivity contribution in [2.45, 2.75) is 40.4 Å². The summed E-state index contributed by atoms with van der Waals surface area (Å²) in [5.74, 6) is -0.247. The minimum atomic E-state index is -0.988. The van der Waals surface area contributed by atoms with Crippen molar-refractivity contribution < 1.29 is 19.4 Å². The van der Waals surface area contributed by atoms with E-state index in [9.17, 15) is 9.90 Å². The lowest BCUT2D eigenvalue weighted by atomic mass is 9.91. The molecule has 0 fully saturated rings. The number of rotatable bonds is 7. The molecular weight excluding hydrogens is 208 g/mol.